The Kier molecular flexibility index (Phi) is 6.18. The zero-order valence-corrected chi connectivity index (χ0v) is 15.5. The van der Waals surface area contributed by atoms with Crippen molar-refractivity contribution >= 4 is 28.8 Å². The first kappa shape index (κ1) is 19.3. The number of carbonyl (C=O) groups excluding carboxylic acids is 2. The number of nitrogens with zero attached hydrogens (tertiary/aromatic N) is 1. The Morgan fingerprint density at radius 1 is 1.04 bits per heavy atom. The van der Waals surface area contributed by atoms with Gasteiger partial charge in [-0.25, -0.2) is 0 Å². The van der Waals surface area contributed by atoms with E-state index in [4.69, 9.17) is 4.42 Å². The topological polar surface area (TPSA) is 114 Å². The average Bonchev–Trinajstić information content (AvgIpc) is 3.39. The number of rotatable bonds is 8. The van der Waals surface area contributed by atoms with Crippen molar-refractivity contribution in [2.75, 3.05) is 13.1 Å². The number of benzene rings is 1. The number of hydrogen-bond donors (Lipinski definition) is 2. The van der Waals surface area contributed by atoms with Crippen LogP contribution >= 0.6 is 11.3 Å². The summed E-state index contributed by atoms with van der Waals surface area (Å²) >= 11 is 1.37. The molecule has 3 rings (SSSR count). The maximum absolute atomic E-state index is 12.1. The summed E-state index contributed by atoms with van der Waals surface area (Å²) in [6, 6.07) is 12.7. The van der Waals surface area contributed by atoms with Crippen LogP contribution < -0.4 is 10.6 Å². The van der Waals surface area contributed by atoms with Crippen LogP contribution in [0.5, 0.6) is 0 Å². The lowest BCUT2D eigenvalue weighted by Gasteiger charge is -2.05. The first-order chi connectivity index (χ1) is 13.5. The van der Waals surface area contributed by atoms with Gasteiger partial charge in [0.25, 0.3) is 17.5 Å². The van der Waals surface area contributed by atoms with E-state index in [1.54, 1.807) is 24.3 Å². The monoisotopic (exact) mass is 399 g/mol. The lowest BCUT2D eigenvalue weighted by atomic mass is 10.1. The molecule has 0 aliphatic carbocycles. The lowest BCUT2D eigenvalue weighted by molar-refractivity contribution is -0.384. The van der Waals surface area contributed by atoms with E-state index in [9.17, 15) is 19.7 Å². The summed E-state index contributed by atoms with van der Waals surface area (Å²) < 4.78 is 5.51. The Morgan fingerprint density at radius 2 is 1.82 bits per heavy atom. The molecule has 2 heterocycles. The minimum Gasteiger partial charge on any atom is -0.451 e. The van der Waals surface area contributed by atoms with Crippen molar-refractivity contribution in [2.24, 2.45) is 0 Å². The summed E-state index contributed by atoms with van der Waals surface area (Å²) in [5, 5.41) is 18.2. The smallest absolute Gasteiger partial charge is 0.287 e. The van der Waals surface area contributed by atoms with Gasteiger partial charge in [0.15, 0.2) is 5.76 Å². The number of amides is 2. The molecule has 0 radical (unpaired) electrons. The summed E-state index contributed by atoms with van der Waals surface area (Å²) in [5.41, 5.74) is 0.467. The van der Waals surface area contributed by atoms with Gasteiger partial charge in [0.05, 0.1) is 9.80 Å². The Balaban J connectivity index is 1.47. The van der Waals surface area contributed by atoms with Crippen molar-refractivity contribution in [3.05, 3.63) is 74.7 Å². The highest BCUT2D eigenvalue weighted by Crippen LogP contribution is 2.25. The van der Waals surface area contributed by atoms with Crippen molar-refractivity contribution in [2.45, 2.75) is 6.42 Å². The van der Waals surface area contributed by atoms with Gasteiger partial charge in [-0.1, -0.05) is 18.2 Å². The fraction of sp³-hybridized carbons (Fsp3) is 0.158. The zero-order chi connectivity index (χ0) is 19.9. The van der Waals surface area contributed by atoms with Crippen LogP contribution in [0.15, 0.2) is 58.3 Å². The molecule has 144 valence electrons. The Hall–Kier alpha value is -3.46. The molecule has 0 spiro atoms. The van der Waals surface area contributed by atoms with E-state index in [-0.39, 0.29) is 23.3 Å². The maximum atomic E-state index is 12.1. The molecular formula is C19H17N3O5S. The molecule has 2 N–H and O–H groups in total. The molecule has 3 aromatic rings. The third kappa shape index (κ3) is 4.83. The molecule has 0 unspecified atom stereocenters. The molecule has 1 aromatic carbocycles. The molecule has 8 nitrogen and oxygen atoms in total. The highest BCUT2D eigenvalue weighted by atomic mass is 32.1. The highest BCUT2D eigenvalue weighted by molar-refractivity contribution is 7.12. The quantitative estimate of drug-likeness (QED) is 0.342. The van der Waals surface area contributed by atoms with Gasteiger partial charge in [0.2, 0.25) is 0 Å². The predicted octanol–water partition coefficient (Wildman–Crippen LogP) is 3.47. The molecule has 0 saturated carbocycles. The number of nitro benzene ring substituents is 1. The van der Waals surface area contributed by atoms with Gasteiger partial charge in [-0.05, 0) is 30.0 Å². The molecule has 9 heteroatoms. The van der Waals surface area contributed by atoms with E-state index in [1.807, 2.05) is 11.4 Å². The van der Waals surface area contributed by atoms with E-state index in [2.05, 4.69) is 10.6 Å². The number of nitro groups is 1. The zero-order valence-electron chi connectivity index (χ0n) is 14.7. The maximum Gasteiger partial charge on any atom is 0.287 e. The summed E-state index contributed by atoms with van der Waals surface area (Å²) in [4.78, 5) is 35.0. The molecule has 2 aromatic heterocycles. The van der Waals surface area contributed by atoms with Crippen LogP contribution in [0, 0.1) is 10.1 Å². The first-order valence-corrected chi connectivity index (χ1v) is 9.37. The van der Waals surface area contributed by atoms with Crippen LogP contribution in [-0.2, 0) is 0 Å². The van der Waals surface area contributed by atoms with Crippen molar-refractivity contribution in [1.29, 1.82) is 0 Å². The van der Waals surface area contributed by atoms with Crippen molar-refractivity contribution in [3.8, 4) is 11.3 Å². The number of thiophene rings is 1. The first-order valence-electron chi connectivity index (χ1n) is 8.49. The number of non-ortho nitro benzene ring substituents is 1. The normalized spacial score (nSPS) is 10.4. The van der Waals surface area contributed by atoms with E-state index >= 15 is 0 Å². The second kappa shape index (κ2) is 8.96. The van der Waals surface area contributed by atoms with Crippen LogP contribution in [0.3, 0.4) is 0 Å². The average molecular weight is 399 g/mol. The van der Waals surface area contributed by atoms with Gasteiger partial charge in [0.1, 0.15) is 5.76 Å². The van der Waals surface area contributed by atoms with Crippen LogP contribution in [0.1, 0.15) is 26.6 Å². The Bertz CT molecular complexity index is 981. The van der Waals surface area contributed by atoms with Gasteiger partial charge in [-0.3, -0.25) is 19.7 Å². The molecule has 0 fully saturated rings. The molecular weight excluding hydrogens is 382 g/mol. The highest BCUT2D eigenvalue weighted by Gasteiger charge is 2.14. The van der Waals surface area contributed by atoms with Crippen molar-refractivity contribution in [1.82, 2.24) is 10.6 Å². The van der Waals surface area contributed by atoms with Gasteiger partial charge in [-0.2, -0.15) is 0 Å². The fourth-order valence-electron chi connectivity index (χ4n) is 2.46. The molecule has 0 aliphatic rings. The van der Waals surface area contributed by atoms with Gasteiger partial charge < -0.3 is 15.1 Å². The summed E-state index contributed by atoms with van der Waals surface area (Å²) in [5.74, 6) is -0.0311. The fourth-order valence-corrected chi connectivity index (χ4v) is 3.10. The summed E-state index contributed by atoms with van der Waals surface area (Å²) in [6.45, 7) is 0.810. The van der Waals surface area contributed by atoms with Crippen LogP contribution in [0.2, 0.25) is 0 Å². The van der Waals surface area contributed by atoms with Crippen LogP contribution in [0.4, 0.5) is 5.69 Å². The predicted molar refractivity (Wildman–Crippen MR) is 104 cm³/mol. The summed E-state index contributed by atoms with van der Waals surface area (Å²) in [6.07, 6.45) is 0.571. The minimum absolute atomic E-state index is 0.0514. The van der Waals surface area contributed by atoms with E-state index in [0.29, 0.717) is 35.7 Å². The Labute approximate surface area is 164 Å². The number of carbonyl (C=O) groups is 2. The van der Waals surface area contributed by atoms with Gasteiger partial charge in [0, 0.05) is 30.8 Å². The molecule has 0 atom stereocenters. The van der Waals surface area contributed by atoms with E-state index in [1.165, 1.54) is 29.5 Å². The van der Waals surface area contributed by atoms with Crippen molar-refractivity contribution < 1.29 is 18.9 Å². The Morgan fingerprint density at radius 3 is 2.54 bits per heavy atom. The molecule has 2 amide bonds. The van der Waals surface area contributed by atoms with E-state index in [0.717, 1.165) is 0 Å². The molecule has 0 bridgehead atoms. The second-order valence-corrected chi connectivity index (χ2v) is 6.76. The third-order valence-electron chi connectivity index (χ3n) is 3.84. The molecule has 0 saturated heterocycles. The second-order valence-electron chi connectivity index (χ2n) is 5.81. The van der Waals surface area contributed by atoms with Gasteiger partial charge in [-0.15, -0.1) is 11.3 Å². The van der Waals surface area contributed by atoms with Crippen molar-refractivity contribution in [3.63, 3.8) is 0 Å². The number of hydrogen-bond acceptors (Lipinski definition) is 6. The van der Waals surface area contributed by atoms with E-state index < -0.39 is 4.92 Å². The SMILES string of the molecule is O=C(NCCCNC(=O)c1cccs1)c1ccc(-c2cccc([N+](=O)[O-])c2)o1. The standard InChI is InChI=1S/C19H17N3O5S/c23-18(20-9-3-10-21-19(24)17-6-2-11-28-17)16-8-7-15(27-16)13-4-1-5-14(12-13)22(25)26/h1-2,4-8,11-12H,3,9-10H2,(H,20,23)(H,21,24). The lowest BCUT2D eigenvalue weighted by Crippen LogP contribution is -2.29. The summed E-state index contributed by atoms with van der Waals surface area (Å²) in [7, 11) is 0. The van der Waals surface area contributed by atoms with Crippen LogP contribution in [0.25, 0.3) is 11.3 Å². The molecule has 0 aliphatic heterocycles. The minimum atomic E-state index is -0.489. The van der Waals surface area contributed by atoms with Crippen LogP contribution in [-0.4, -0.2) is 29.8 Å². The number of nitrogens with one attached hydrogen (secondary N) is 2. The van der Waals surface area contributed by atoms with Gasteiger partial charge >= 0.3 is 0 Å². The number of furan rings is 1. The third-order valence-corrected chi connectivity index (χ3v) is 4.71. The largest absolute Gasteiger partial charge is 0.451 e. The molecule has 28 heavy (non-hydrogen) atoms.